The molecule has 7 heteroatoms. The van der Waals surface area contributed by atoms with E-state index >= 15 is 0 Å². The van der Waals surface area contributed by atoms with Gasteiger partial charge in [-0.3, -0.25) is 20.4 Å². The largest absolute Gasteiger partial charge is 0.479 e. The van der Waals surface area contributed by atoms with Crippen LogP contribution < -0.4 is 15.6 Å². The molecule has 5 nitrogen and oxygen atoms in total. The van der Waals surface area contributed by atoms with Crippen molar-refractivity contribution < 1.29 is 14.3 Å². The van der Waals surface area contributed by atoms with Crippen LogP contribution >= 0.6 is 23.2 Å². The molecular formula is C12H14Cl2N2O3. The van der Waals surface area contributed by atoms with Gasteiger partial charge in [-0.1, -0.05) is 30.1 Å². The number of carbonyl (C=O) groups excluding carboxylic acids is 2. The van der Waals surface area contributed by atoms with Gasteiger partial charge in [-0.15, -0.1) is 0 Å². The summed E-state index contributed by atoms with van der Waals surface area (Å²) in [6.07, 6.45) is -0.533. The Balaban J connectivity index is 2.56. The molecule has 0 heterocycles. The average molecular weight is 305 g/mol. The number of hydrazine groups is 1. The first kappa shape index (κ1) is 15.6. The van der Waals surface area contributed by atoms with Crippen LogP contribution in [0.5, 0.6) is 5.75 Å². The zero-order valence-corrected chi connectivity index (χ0v) is 12.0. The standard InChI is InChI=1S/C12H14Cl2N2O3/c1-3-11(17)15-16-12(18)7(2)19-10-5-4-8(13)6-9(10)14/h4-7H,3H2,1-2H3,(H,15,17)(H,16,18)/t7-/m0/s1. The Morgan fingerprint density at radius 2 is 2.00 bits per heavy atom. The number of hydrogen-bond donors (Lipinski definition) is 2. The van der Waals surface area contributed by atoms with E-state index in [9.17, 15) is 9.59 Å². The highest BCUT2D eigenvalue weighted by atomic mass is 35.5. The van der Waals surface area contributed by atoms with Crippen molar-refractivity contribution in [2.75, 3.05) is 0 Å². The second-order valence-electron chi connectivity index (χ2n) is 3.73. The lowest BCUT2D eigenvalue weighted by molar-refractivity contribution is -0.132. The summed E-state index contributed by atoms with van der Waals surface area (Å²) in [6, 6.07) is 4.69. The predicted molar refractivity (Wildman–Crippen MR) is 73.1 cm³/mol. The number of nitrogens with one attached hydrogen (secondary N) is 2. The van der Waals surface area contributed by atoms with Gasteiger partial charge < -0.3 is 4.74 Å². The van der Waals surface area contributed by atoms with E-state index in [1.54, 1.807) is 26.0 Å². The second-order valence-corrected chi connectivity index (χ2v) is 4.57. The van der Waals surface area contributed by atoms with Gasteiger partial charge in [0.25, 0.3) is 5.91 Å². The van der Waals surface area contributed by atoms with E-state index in [1.165, 1.54) is 6.07 Å². The second kappa shape index (κ2) is 7.21. The number of halogens is 2. The van der Waals surface area contributed by atoms with Crippen molar-refractivity contribution in [2.24, 2.45) is 0 Å². The first-order valence-corrected chi connectivity index (χ1v) is 6.40. The quantitative estimate of drug-likeness (QED) is 0.839. The molecule has 0 aromatic heterocycles. The molecule has 1 aromatic carbocycles. The monoisotopic (exact) mass is 304 g/mol. The smallest absolute Gasteiger partial charge is 0.279 e. The molecule has 0 bridgehead atoms. The summed E-state index contributed by atoms with van der Waals surface area (Å²) >= 11 is 11.7. The summed E-state index contributed by atoms with van der Waals surface area (Å²) in [5.41, 5.74) is 4.50. The summed E-state index contributed by atoms with van der Waals surface area (Å²) in [5.74, 6) is -0.423. The third-order valence-electron chi connectivity index (χ3n) is 2.21. The van der Waals surface area contributed by atoms with Crippen molar-refractivity contribution in [1.82, 2.24) is 10.9 Å². The highest BCUT2D eigenvalue weighted by Crippen LogP contribution is 2.28. The minimum absolute atomic E-state index is 0.276. The van der Waals surface area contributed by atoms with Crippen LogP contribution in [0.2, 0.25) is 10.0 Å². The van der Waals surface area contributed by atoms with Gasteiger partial charge in [0.2, 0.25) is 5.91 Å². The van der Waals surface area contributed by atoms with Gasteiger partial charge in [-0.05, 0) is 25.1 Å². The lowest BCUT2D eigenvalue weighted by atomic mass is 10.3. The van der Waals surface area contributed by atoms with Crippen molar-refractivity contribution in [3.63, 3.8) is 0 Å². The maximum absolute atomic E-state index is 11.6. The topological polar surface area (TPSA) is 67.4 Å². The van der Waals surface area contributed by atoms with Crippen molar-refractivity contribution >= 4 is 35.0 Å². The number of ether oxygens (including phenoxy) is 1. The molecule has 19 heavy (non-hydrogen) atoms. The van der Waals surface area contributed by atoms with E-state index in [-0.39, 0.29) is 12.3 Å². The van der Waals surface area contributed by atoms with Crippen LogP contribution in [-0.2, 0) is 9.59 Å². The Bertz CT molecular complexity index is 480. The average Bonchev–Trinajstić information content (AvgIpc) is 2.38. The first-order chi connectivity index (χ1) is 8.93. The van der Waals surface area contributed by atoms with Crippen molar-refractivity contribution in [2.45, 2.75) is 26.4 Å². The highest BCUT2D eigenvalue weighted by Gasteiger charge is 2.16. The van der Waals surface area contributed by atoms with Gasteiger partial charge in [0.15, 0.2) is 6.10 Å². The molecule has 2 N–H and O–H groups in total. The minimum atomic E-state index is -0.809. The first-order valence-electron chi connectivity index (χ1n) is 5.64. The van der Waals surface area contributed by atoms with Crippen molar-refractivity contribution in [1.29, 1.82) is 0 Å². The fourth-order valence-electron chi connectivity index (χ4n) is 1.14. The van der Waals surface area contributed by atoms with Crippen molar-refractivity contribution in [3.05, 3.63) is 28.2 Å². The molecule has 0 radical (unpaired) electrons. The zero-order chi connectivity index (χ0) is 14.4. The van der Waals surface area contributed by atoms with Gasteiger partial charge in [0, 0.05) is 11.4 Å². The number of benzene rings is 1. The van der Waals surface area contributed by atoms with Gasteiger partial charge in [0.1, 0.15) is 5.75 Å². The zero-order valence-electron chi connectivity index (χ0n) is 10.5. The van der Waals surface area contributed by atoms with E-state index in [2.05, 4.69) is 10.9 Å². The molecule has 0 fully saturated rings. The number of rotatable bonds is 4. The minimum Gasteiger partial charge on any atom is -0.479 e. The normalized spacial score (nSPS) is 11.6. The van der Waals surface area contributed by atoms with E-state index in [0.717, 1.165) is 0 Å². The Morgan fingerprint density at radius 3 is 2.58 bits per heavy atom. The molecule has 104 valence electrons. The summed E-state index contributed by atoms with van der Waals surface area (Å²) in [4.78, 5) is 22.6. The van der Waals surface area contributed by atoms with Gasteiger partial charge in [-0.25, -0.2) is 0 Å². The lowest BCUT2D eigenvalue weighted by Crippen LogP contribution is -2.46. The van der Waals surface area contributed by atoms with Crippen LogP contribution in [0, 0.1) is 0 Å². The SMILES string of the molecule is CCC(=O)NNC(=O)[C@H](C)Oc1ccc(Cl)cc1Cl. The Hall–Kier alpha value is -1.46. The third-order valence-corrected chi connectivity index (χ3v) is 2.74. The molecule has 0 aliphatic carbocycles. The van der Waals surface area contributed by atoms with Crippen LogP contribution in [0.15, 0.2) is 18.2 Å². The molecule has 2 amide bonds. The Morgan fingerprint density at radius 1 is 1.32 bits per heavy atom. The summed E-state index contributed by atoms with van der Waals surface area (Å²) < 4.78 is 5.37. The van der Waals surface area contributed by atoms with Gasteiger partial charge in [0.05, 0.1) is 5.02 Å². The van der Waals surface area contributed by atoms with E-state index < -0.39 is 12.0 Å². The van der Waals surface area contributed by atoms with Gasteiger partial charge >= 0.3 is 0 Å². The van der Waals surface area contributed by atoms with Crippen LogP contribution in [0.1, 0.15) is 20.3 Å². The van der Waals surface area contributed by atoms with E-state index in [4.69, 9.17) is 27.9 Å². The van der Waals surface area contributed by atoms with Crippen LogP contribution in [0.25, 0.3) is 0 Å². The Labute approximate surface area is 121 Å². The maximum atomic E-state index is 11.6. The lowest BCUT2D eigenvalue weighted by Gasteiger charge is -2.15. The molecule has 0 unspecified atom stereocenters. The number of carbonyl (C=O) groups is 2. The highest BCUT2D eigenvalue weighted by molar-refractivity contribution is 6.35. The third kappa shape index (κ3) is 4.96. The molecule has 0 spiro atoms. The van der Waals surface area contributed by atoms with E-state index in [0.29, 0.717) is 15.8 Å². The molecule has 0 aliphatic rings. The van der Waals surface area contributed by atoms with E-state index in [1.807, 2.05) is 0 Å². The molecular weight excluding hydrogens is 291 g/mol. The van der Waals surface area contributed by atoms with Gasteiger partial charge in [-0.2, -0.15) is 0 Å². The predicted octanol–water partition coefficient (Wildman–Crippen LogP) is 2.32. The number of amides is 2. The molecule has 1 aromatic rings. The van der Waals surface area contributed by atoms with Crippen LogP contribution in [0.3, 0.4) is 0 Å². The molecule has 0 aliphatic heterocycles. The number of hydrogen-bond acceptors (Lipinski definition) is 3. The molecule has 1 rings (SSSR count). The maximum Gasteiger partial charge on any atom is 0.279 e. The molecule has 0 saturated carbocycles. The van der Waals surface area contributed by atoms with Crippen LogP contribution in [0.4, 0.5) is 0 Å². The molecule has 1 atom stereocenters. The fourth-order valence-corrected chi connectivity index (χ4v) is 1.59. The summed E-state index contributed by atoms with van der Waals surface area (Å²) in [5, 5.41) is 0.786. The molecule has 0 saturated heterocycles. The van der Waals surface area contributed by atoms with Crippen molar-refractivity contribution in [3.8, 4) is 5.75 Å². The summed E-state index contributed by atoms with van der Waals surface area (Å²) in [7, 11) is 0. The fraction of sp³-hybridized carbons (Fsp3) is 0.333. The van der Waals surface area contributed by atoms with Crippen LogP contribution in [-0.4, -0.2) is 17.9 Å². The Kier molecular flexibility index (Phi) is 5.92. The summed E-state index contributed by atoms with van der Waals surface area (Å²) in [6.45, 7) is 3.22.